The molecule has 0 atom stereocenters. The van der Waals surface area contributed by atoms with Crippen LogP contribution in [0.3, 0.4) is 0 Å². The number of nitrogens with one attached hydrogen (secondary N) is 1. The van der Waals surface area contributed by atoms with Gasteiger partial charge in [0, 0.05) is 17.8 Å². The predicted octanol–water partition coefficient (Wildman–Crippen LogP) is 4.77. The van der Waals surface area contributed by atoms with Crippen molar-refractivity contribution in [2.24, 2.45) is 0 Å². The number of non-ortho nitro benzene ring substituents is 1. The Kier molecular flexibility index (Phi) is 4.42. The number of nitrogens with zero attached hydrogens (tertiary/aromatic N) is 4. The summed E-state index contributed by atoms with van der Waals surface area (Å²) in [5.41, 5.74) is 2.44. The molecule has 0 aliphatic rings. The lowest BCUT2D eigenvalue weighted by molar-refractivity contribution is -0.384. The number of hydrogen-bond donors (Lipinski definition) is 1. The molecule has 0 bridgehead atoms. The van der Waals surface area contributed by atoms with Gasteiger partial charge in [-0.2, -0.15) is 0 Å². The highest BCUT2D eigenvalue weighted by Gasteiger charge is 2.14. The third-order valence-electron chi connectivity index (χ3n) is 3.92. The zero-order chi connectivity index (χ0) is 19.0. The van der Waals surface area contributed by atoms with Crippen LogP contribution in [0.15, 0.2) is 46.9 Å². The van der Waals surface area contributed by atoms with Crippen molar-refractivity contribution >= 4 is 45.1 Å². The van der Waals surface area contributed by atoms with Crippen LogP contribution in [0.5, 0.6) is 0 Å². The van der Waals surface area contributed by atoms with Crippen LogP contribution in [-0.2, 0) is 6.67 Å². The van der Waals surface area contributed by atoms with E-state index in [1.807, 2.05) is 24.3 Å². The van der Waals surface area contributed by atoms with E-state index in [-0.39, 0.29) is 17.2 Å². The highest BCUT2D eigenvalue weighted by atomic mass is 32.1. The molecule has 8 nitrogen and oxygen atoms in total. The molecule has 0 unspecified atom stereocenters. The van der Waals surface area contributed by atoms with E-state index in [0.717, 1.165) is 21.5 Å². The summed E-state index contributed by atoms with van der Waals surface area (Å²) in [6.07, 6.45) is 0. The lowest BCUT2D eigenvalue weighted by Crippen LogP contribution is -2.10. The molecule has 0 aliphatic heterocycles. The van der Waals surface area contributed by atoms with Gasteiger partial charge in [0.15, 0.2) is 5.01 Å². The van der Waals surface area contributed by atoms with E-state index in [4.69, 9.17) is 16.6 Å². The first kappa shape index (κ1) is 17.3. The first-order valence-electron chi connectivity index (χ1n) is 7.94. The molecule has 0 amide bonds. The lowest BCUT2D eigenvalue weighted by Gasteiger charge is -2.08. The summed E-state index contributed by atoms with van der Waals surface area (Å²) in [6, 6.07) is 12.4. The van der Waals surface area contributed by atoms with Gasteiger partial charge in [0.05, 0.1) is 15.1 Å². The maximum absolute atomic E-state index is 10.8. The Bertz CT molecular complexity index is 1180. The minimum Gasteiger partial charge on any atom is -0.407 e. The van der Waals surface area contributed by atoms with Crippen molar-refractivity contribution in [1.82, 2.24) is 14.8 Å². The van der Waals surface area contributed by atoms with Gasteiger partial charge in [0.1, 0.15) is 6.67 Å². The normalized spacial score (nSPS) is 11.0. The van der Waals surface area contributed by atoms with Gasteiger partial charge in [-0.05, 0) is 42.9 Å². The van der Waals surface area contributed by atoms with Crippen LogP contribution >= 0.6 is 23.6 Å². The van der Waals surface area contributed by atoms with Crippen molar-refractivity contribution < 1.29 is 9.34 Å². The number of aryl methyl sites for hydroxylation is 1. The van der Waals surface area contributed by atoms with E-state index in [2.05, 4.69) is 15.4 Å². The van der Waals surface area contributed by atoms with Gasteiger partial charge in [-0.25, -0.2) is 9.67 Å². The summed E-state index contributed by atoms with van der Waals surface area (Å²) in [5, 5.41) is 19.0. The number of aromatic nitrogens is 3. The molecule has 0 spiro atoms. The third-order valence-corrected chi connectivity index (χ3v) is 5.24. The number of para-hydroxylation sites is 1. The van der Waals surface area contributed by atoms with E-state index >= 15 is 0 Å². The van der Waals surface area contributed by atoms with Crippen molar-refractivity contribution in [2.45, 2.75) is 13.6 Å². The van der Waals surface area contributed by atoms with Gasteiger partial charge < -0.3 is 9.73 Å². The largest absolute Gasteiger partial charge is 0.407 e. The SMILES string of the molecule is Cc1cc([N+](=O)[O-])ccc1NCn1nc(-c2nc3ccccc3s2)oc1=S. The summed E-state index contributed by atoms with van der Waals surface area (Å²) in [4.78, 5) is 15.1. The number of thiazole rings is 1. The third kappa shape index (κ3) is 3.44. The molecule has 0 saturated heterocycles. The summed E-state index contributed by atoms with van der Waals surface area (Å²) in [6.45, 7) is 2.07. The second-order valence-corrected chi connectivity index (χ2v) is 7.13. The Morgan fingerprint density at radius 2 is 2.15 bits per heavy atom. The predicted molar refractivity (Wildman–Crippen MR) is 105 cm³/mol. The number of anilines is 1. The van der Waals surface area contributed by atoms with Gasteiger partial charge in [0.25, 0.3) is 16.4 Å². The van der Waals surface area contributed by atoms with Crippen molar-refractivity contribution in [3.63, 3.8) is 0 Å². The zero-order valence-corrected chi connectivity index (χ0v) is 15.7. The zero-order valence-electron chi connectivity index (χ0n) is 14.1. The van der Waals surface area contributed by atoms with Crippen LogP contribution in [0.25, 0.3) is 21.1 Å². The molecule has 0 aliphatic carbocycles. The van der Waals surface area contributed by atoms with E-state index in [9.17, 15) is 10.1 Å². The Morgan fingerprint density at radius 3 is 2.89 bits per heavy atom. The topological polar surface area (TPSA) is 99.0 Å². The van der Waals surface area contributed by atoms with Gasteiger partial charge in [-0.3, -0.25) is 10.1 Å². The van der Waals surface area contributed by atoms with Crippen molar-refractivity contribution in [2.75, 3.05) is 5.32 Å². The molecule has 0 fully saturated rings. The fourth-order valence-corrected chi connectivity index (χ4v) is 3.65. The average Bonchev–Trinajstić information content (AvgIpc) is 3.24. The maximum atomic E-state index is 10.8. The summed E-state index contributed by atoms with van der Waals surface area (Å²) in [7, 11) is 0. The molecule has 10 heteroatoms. The molecule has 27 heavy (non-hydrogen) atoms. The van der Waals surface area contributed by atoms with Crippen LogP contribution in [0.2, 0.25) is 0 Å². The minimum absolute atomic E-state index is 0.0502. The first-order valence-corrected chi connectivity index (χ1v) is 9.16. The van der Waals surface area contributed by atoms with Crippen LogP contribution in [0.4, 0.5) is 11.4 Å². The number of nitro benzene ring substituents is 1. The second-order valence-electron chi connectivity index (χ2n) is 5.75. The van der Waals surface area contributed by atoms with Crippen molar-refractivity contribution in [1.29, 1.82) is 0 Å². The first-order chi connectivity index (χ1) is 13.0. The Labute approximate surface area is 162 Å². The van der Waals surface area contributed by atoms with E-state index in [1.54, 1.807) is 13.0 Å². The molecule has 0 saturated carbocycles. The molecule has 0 radical (unpaired) electrons. The number of benzene rings is 2. The molecule has 4 rings (SSSR count). The highest BCUT2D eigenvalue weighted by molar-refractivity contribution is 7.71. The standard InChI is InChI=1S/C17H13N5O3S2/c1-10-8-11(22(23)24)6-7-12(10)18-9-21-17(26)25-15(20-21)16-19-13-4-2-3-5-14(13)27-16/h2-8,18H,9H2,1H3. The monoisotopic (exact) mass is 399 g/mol. The lowest BCUT2D eigenvalue weighted by atomic mass is 10.2. The van der Waals surface area contributed by atoms with Crippen molar-refractivity contribution in [3.05, 3.63) is 63.0 Å². The number of nitro groups is 1. The molecule has 4 aromatic rings. The highest BCUT2D eigenvalue weighted by Crippen LogP contribution is 2.29. The summed E-state index contributed by atoms with van der Waals surface area (Å²) >= 11 is 6.72. The molecule has 2 aromatic carbocycles. The van der Waals surface area contributed by atoms with Gasteiger partial charge in [-0.1, -0.05) is 12.1 Å². The van der Waals surface area contributed by atoms with Gasteiger partial charge in [0.2, 0.25) is 0 Å². The Balaban J connectivity index is 1.55. The van der Waals surface area contributed by atoms with Crippen molar-refractivity contribution in [3.8, 4) is 10.9 Å². The van der Waals surface area contributed by atoms with Crippen LogP contribution in [0, 0.1) is 21.9 Å². The molecular formula is C17H13N5O3S2. The maximum Gasteiger partial charge on any atom is 0.289 e. The number of hydrogen-bond acceptors (Lipinski definition) is 8. The summed E-state index contributed by atoms with van der Waals surface area (Å²) in [5.74, 6) is 0.364. The average molecular weight is 399 g/mol. The molecule has 136 valence electrons. The molecule has 1 N–H and O–H groups in total. The summed E-state index contributed by atoms with van der Waals surface area (Å²) < 4.78 is 8.14. The van der Waals surface area contributed by atoms with Crippen LogP contribution in [0.1, 0.15) is 5.56 Å². The molecule has 2 heterocycles. The second kappa shape index (κ2) is 6.89. The van der Waals surface area contributed by atoms with Crippen LogP contribution in [-0.4, -0.2) is 19.7 Å². The van der Waals surface area contributed by atoms with E-state index < -0.39 is 4.92 Å². The Morgan fingerprint density at radius 1 is 1.33 bits per heavy atom. The van der Waals surface area contributed by atoms with E-state index in [1.165, 1.54) is 28.2 Å². The number of rotatable bonds is 5. The van der Waals surface area contributed by atoms with E-state index in [0.29, 0.717) is 10.9 Å². The molecular weight excluding hydrogens is 386 g/mol. The fraction of sp³-hybridized carbons (Fsp3) is 0.118. The molecule has 2 aromatic heterocycles. The van der Waals surface area contributed by atoms with Gasteiger partial charge >= 0.3 is 0 Å². The minimum atomic E-state index is -0.422. The Hall–Kier alpha value is -3.11. The smallest absolute Gasteiger partial charge is 0.289 e. The fourth-order valence-electron chi connectivity index (χ4n) is 2.58. The van der Waals surface area contributed by atoms with Crippen LogP contribution < -0.4 is 5.32 Å². The van der Waals surface area contributed by atoms with Gasteiger partial charge in [-0.15, -0.1) is 16.4 Å². The number of fused-ring (bicyclic) bond motifs is 1. The quantitative estimate of drug-likeness (QED) is 0.293.